The van der Waals surface area contributed by atoms with E-state index < -0.39 is 5.66 Å². The summed E-state index contributed by atoms with van der Waals surface area (Å²) < 4.78 is 5.59. The van der Waals surface area contributed by atoms with Crippen molar-refractivity contribution in [3.8, 4) is 0 Å². The molecule has 1 aliphatic carbocycles. The Morgan fingerprint density at radius 2 is 2.14 bits per heavy atom. The Kier molecular flexibility index (Phi) is 2.16. The van der Waals surface area contributed by atoms with Gasteiger partial charge in [-0.1, -0.05) is 18.2 Å². The first-order chi connectivity index (χ1) is 10.7. The molecule has 4 nitrogen and oxygen atoms in total. The van der Waals surface area contributed by atoms with E-state index in [9.17, 15) is 4.79 Å². The Morgan fingerprint density at radius 3 is 3.00 bits per heavy atom. The molecule has 1 aromatic rings. The van der Waals surface area contributed by atoms with E-state index in [1.165, 1.54) is 11.1 Å². The molecule has 3 heterocycles. The number of rotatable bonds is 1. The number of piperidine rings is 1. The highest BCUT2D eigenvalue weighted by Gasteiger charge is 2.68. The first kappa shape index (κ1) is 12.5. The Labute approximate surface area is 129 Å². The van der Waals surface area contributed by atoms with Crippen molar-refractivity contribution in [2.75, 3.05) is 18.6 Å². The summed E-state index contributed by atoms with van der Waals surface area (Å²) >= 11 is 0. The number of carbonyl (C=O) groups excluding carboxylic acids is 1. The molecule has 112 valence electrons. The lowest BCUT2D eigenvalue weighted by molar-refractivity contribution is -0.120. The molecule has 5 rings (SSSR count). The van der Waals surface area contributed by atoms with Gasteiger partial charge in [-0.2, -0.15) is 0 Å². The van der Waals surface area contributed by atoms with Gasteiger partial charge in [-0.15, -0.1) is 0 Å². The van der Waals surface area contributed by atoms with Crippen LogP contribution in [-0.4, -0.2) is 25.2 Å². The number of nitrogens with zero attached hydrogens (tertiary/aromatic N) is 1. The summed E-state index contributed by atoms with van der Waals surface area (Å²) in [5.41, 5.74) is 2.97. The summed E-state index contributed by atoms with van der Waals surface area (Å²) in [4.78, 5) is 14.8. The second kappa shape index (κ2) is 3.82. The van der Waals surface area contributed by atoms with E-state index in [1.807, 2.05) is 11.0 Å². The van der Waals surface area contributed by atoms with Crippen LogP contribution in [-0.2, 0) is 14.9 Å². The third-order valence-electron chi connectivity index (χ3n) is 5.77. The number of allylic oxidation sites excluding steroid dienone is 1. The molecule has 0 bridgehead atoms. The van der Waals surface area contributed by atoms with Gasteiger partial charge in [0.2, 0.25) is 5.91 Å². The maximum absolute atomic E-state index is 12.8. The molecule has 0 saturated carbocycles. The lowest BCUT2D eigenvalue weighted by Gasteiger charge is -2.50. The van der Waals surface area contributed by atoms with E-state index in [0.29, 0.717) is 6.42 Å². The number of ether oxygens (including phenoxy) is 1. The van der Waals surface area contributed by atoms with Gasteiger partial charge in [-0.3, -0.25) is 15.0 Å². The smallest absolute Gasteiger partial charge is 0.229 e. The lowest BCUT2D eigenvalue weighted by atomic mass is 9.65. The zero-order chi connectivity index (χ0) is 14.9. The second-order valence-corrected chi connectivity index (χ2v) is 6.53. The van der Waals surface area contributed by atoms with E-state index in [0.717, 1.165) is 30.8 Å². The number of anilines is 1. The zero-order valence-corrected chi connectivity index (χ0v) is 12.6. The Morgan fingerprint density at radius 1 is 1.27 bits per heavy atom. The summed E-state index contributed by atoms with van der Waals surface area (Å²) in [6, 6.07) is 8.33. The normalized spacial score (nSPS) is 34.6. The molecule has 2 saturated heterocycles. The highest BCUT2D eigenvalue weighted by atomic mass is 16.5. The second-order valence-electron chi connectivity index (χ2n) is 6.53. The highest BCUT2D eigenvalue weighted by Crippen LogP contribution is 2.62. The van der Waals surface area contributed by atoms with Gasteiger partial charge in [-0.25, -0.2) is 0 Å². The summed E-state index contributed by atoms with van der Waals surface area (Å²) in [7, 11) is 1.72. The van der Waals surface area contributed by atoms with E-state index in [4.69, 9.17) is 4.74 Å². The predicted octanol–water partition coefficient (Wildman–Crippen LogP) is 2.22. The van der Waals surface area contributed by atoms with Crippen molar-refractivity contribution in [1.82, 2.24) is 5.32 Å². The van der Waals surface area contributed by atoms with Crippen LogP contribution < -0.4 is 10.2 Å². The van der Waals surface area contributed by atoms with E-state index in [-0.39, 0.29) is 11.3 Å². The molecule has 1 aromatic carbocycles. The molecule has 0 radical (unpaired) electrons. The number of para-hydroxylation sites is 1. The number of hydrogen-bond donors (Lipinski definition) is 1. The van der Waals surface area contributed by atoms with Crippen LogP contribution in [0.5, 0.6) is 0 Å². The van der Waals surface area contributed by atoms with Gasteiger partial charge >= 0.3 is 0 Å². The monoisotopic (exact) mass is 294 g/mol. The summed E-state index contributed by atoms with van der Waals surface area (Å²) in [6.45, 7) is 0.906. The first-order valence-corrected chi connectivity index (χ1v) is 7.88. The molecule has 0 unspecified atom stereocenters. The number of fused-ring (bicyclic) bond motifs is 2. The molecule has 3 aliphatic heterocycles. The number of methoxy groups -OCH3 is 1. The number of benzene rings is 1. The van der Waals surface area contributed by atoms with Crippen LogP contribution in [0.4, 0.5) is 5.69 Å². The molecule has 1 spiro atoms. The van der Waals surface area contributed by atoms with Crippen LogP contribution in [0.2, 0.25) is 0 Å². The van der Waals surface area contributed by atoms with Crippen LogP contribution in [0.1, 0.15) is 24.8 Å². The first-order valence-electron chi connectivity index (χ1n) is 7.88. The minimum absolute atomic E-state index is 0.199. The Hall–Kier alpha value is -2.07. The number of carbonyl (C=O) groups is 1. The van der Waals surface area contributed by atoms with Crippen molar-refractivity contribution < 1.29 is 9.53 Å². The van der Waals surface area contributed by atoms with Crippen molar-refractivity contribution in [3.05, 3.63) is 53.3 Å². The highest BCUT2D eigenvalue weighted by molar-refractivity contribution is 6.02. The van der Waals surface area contributed by atoms with Crippen LogP contribution >= 0.6 is 0 Å². The van der Waals surface area contributed by atoms with Crippen LogP contribution in [0.15, 0.2) is 47.7 Å². The number of hydrogen-bond acceptors (Lipinski definition) is 3. The lowest BCUT2D eigenvalue weighted by Crippen LogP contribution is -2.67. The Bertz CT molecular complexity index is 766. The standard InChI is InChI=1S/C18H18N2O2/c1-22-13-10-12-6-7-16(21)20-15-5-3-2-4-14(15)17(11-13)8-9-19-18(12,17)20/h2-5,10-11,19H,6-9H2,1H3/t17-,18-/m0/s1. The molecule has 4 aliphatic rings. The van der Waals surface area contributed by atoms with Crippen molar-refractivity contribution in [1.29, 1.82) is 0 Å². The van der Waals surface area contributed by atoms with Gasteiger partial charge in [0.1, 0.15) is 11.4 Å². The summed E-state index contributed by atoms with van der Waals surface area (Å²) in [5, 5.41) is 3.69. The molecular formula is C18H18N2O2. The quantitative estimate of drug-likeness (QED) is 0.863. The molecule has 1 N–H and O–H groups in total. The molecule has 4 heteroatoms. The largest absolute Gasteiger partial charge is 0.497 e. The van der Waals surface area contributed by atoms with Crippen molar-refractivity contribution in [2.24, 2.45) is 0 Å². The van der Waals surface area contributed by atoms with Crippen molar-refractivity contribution in [3.63, 3.8) is 0 Å². The fraction of sp³-hybridized carbons (Fsp3) is 0.389. The summed E-state index contributed by atoms with van der Waals surface area (Å²) in [6.07, 6.45) is 6.71. The molecule has 1 amide bonds. The van der Waals surface area contributed by atoms with Gasteiger partial charge in [0, 0.05) is 6.42 Å². The molecule has 22 heavy (non-hydrogen) atoms. The maximum Gasteiger partial charge on any atom is 0.229 e. The predicted molar refractivity (Wildman–Crippen MR) is 83.4 cm³/mol. The third kappa shape index (κ3) is 1.11. The van der Waals surface area contributed by atoms with Crippen molar-refractivity contribution >= 4 is 11.6 Å². The van der Waals surface area contributed by atoms with Crippen molar-refractivity contribution in [2.45, 2.75) is 30.3 Å². The van der Waals surface area contributed by atoms with Crippen LogP contribution in [0, 0.1) is 0 Å². The van der Waals surface area contributed by atoms with Gasteiger partial charge in [0.25, 0.3) is 0 Å². The summed E-state index contributed by atoms with van der Waals surface area (Å²) in [5.74, 6) is 1.13. The fourth-order valence-corrected chi connectivity index (χ4v) is 5.02. The topological polar surface area (TPSA) is 41.6 Å². The van der Waals surface area contributed by atoms with E-state index in [1.54, 1.807) is 7.11 Å². The van der Waals surface area contributed by atoms with Gasteiger partial charge in [0.15, 0.2) is 0 Å². The average Bonchev–Trinajstić information content (AvgIpc) is 3.03. The van der Waals surface area contributed by atoms with Gasteiger partial charge < -0.3 is 4.74 Å². The maximum atomic E-state index is 12.8. The fourth-order valence-electron chi connectivity index (χ4n) is 5.02. The van der Waals surface area contributed by atoms with E-state index >= 15 is 0 Å². The molecule has 2 atom stereocenters. The molecule has 2 fully saturated rings. The molecule has 0 aromatic heterocycles. The van der Waals surface area contributed by atoms with Crippen LogP contribution in [0.3, 0.4) is 0 Å². The van der Waals surface area contributed by atoms with E-state index in [2.05, 4.69) is 35.7 Å². The van der Waals surface area contributed by atoms with Gasteiger partial charge in [-0.05, 0) is 48.7 Å². The zero-order valence-electron chi connectivity index (χ0n) is 12.6. The Balaban J connectivity index is 1.90. The minimum atomic E-state index is -0.409. The van der Waals surface area contributed by atoms with Crippen LogP contribution in [0.25, 0.3) is 0 Å². The average molecular weight is 294 g/mol. The minimum Gasteiger partial charge on any atom is -0.497 e. The number of nitrogens with one attached hydrogen (secondary N) is 1. The number of amides is 1. The SMILES string of the molecule is COC1=C[C@]23CCN[C@]24C(=C1)CCC(=O)N4c1ccccc13. The molecular weight excluding hydrogens is 276 g/mol. The van der Waals surface area contributed by atoms with Gasteiger partial charge in [0.05, 0.1) is 18.2 Å². The third-order valence-corrected chi connectivity index (χ3v) is 5.77.